The Hall–Kier alpha value is -2.11. The Kier molecular flexibility index (Phi) is 5.78. The maximum atomic E-state index is 13.4. The van der Waals surface area contributed by atoms with Crippen molar-refractivity contribution >= 4 is 21.4 Å². The van der Waals surface area contributed by atoms with E-state index in [2.05, 4.69) is 9.68 Å². The van der Waals surface area contributed by atoms with Crippen LogP contribution in [0.3, 0.4) is 0 Å². The Labute approximate surface area is 175 Å². The minimum absolute atomic E-state index is 0.0474. The predicted octanol–water partition coefficient (Wildman–Crippen LogP) is 5.54. The minimum atomic E-state index is -4.66. The zero-order valence-corrected chi connectivity index (χ0v) is 17.4. The van der Waals surface area contributed by atoms with Crippen molar-refractivity contribution in [3.8, 4) is 11.3 Å². The second-order valence-electron chi connectivity index (χ2n) is 7.15. The first-order valence-electron chi connectivity index (χ1n) is 9.42. The lowest BCUT2D eigenvalue weighted by atomic mass is 9.95. The third-order valence-corrected chi connectivity index (χ3v) is 8.41. The van der Waals surface area contributed by atoms with Crippen LogP contribution in [0.5, 0.6) is 0 Å². The summed E-state index contributed by atoms with van der Waals surface area (Å²) in [6.07, 6.45) is 1.33. The topological polar surface area (TPSA) is 76.6 Å². The van der Waals surface area contributed by atoms with Gasteiger partial charge in [0.1, 0.15) is 15.7 Å². The lowest BCUT2D eigenvalue weighted by Crippen LogP contribution is -2.40. The molecule has 4 rings (SSSR count). The van der Waals surface area contributed by atoms with E-state index in [1.165, 1.54) is 22.0 Å². The van der Waals surface area contributed by atoms with Gasteiger partial charge in [-0.3, -0.25) is 0 Å². The number of rotatable bonds is 6. The molecule has 1 aliphatic rings. The van der Waals surface area contributed by atoms with Crippen LogP contribution in [0.2, 0.25) is 0 Å². The summed E-state index contributed by atoms with van der Waals surface area (Å²) in [6, 6.07) is 5.38. The molecule has 0 atom stereocenters. The van der Waals surface area contributed by atoms with Gasteiger partial charge in [-0.05, 0) is 31.0 Å². The van der Waals surface area contributed by atoms with Crippen LogP contribution in [0.15, 0.2) is 49.1 Å². The van der Waals surface area contributed by atoms with E-state index in [0.717, 1.165) is 49.5 Å². The van der Waals surface area contributed by atoms with Crippen molar-refractivity contribution in [2.24, 2.45) is 0 Å². The molecule has 0 aliphatic heterocycles. The van der Waals surface area contributed by atoms with Crippen LogP contribution in [0, 0.1) is 0 Å². The van der Waals surface area contributed by atoms with Gasteiger partial charge in [0.05, 0.1) is 12.8 Å². The molecule has 3 heterocycles. The average Bonchev–Trinajstić information content (AvgIpc) is 3.47. The Morgan fingerprint density at radius 2 is 1.97 bits per heavy atom. The summed E-state index contributed by atoms with van der Waals surface area (Å²) < 4.78 is 76.4. The number of nitrogens with zero attached hydrogens (tertiary/aromatic N) is 2. The van der Waals surface area contributed by atoms with Crippen LogP contribution >= 0.6 is 11.3 Å². The third-order valence-electron chi connectivity index (χ3n) is 5.10. The van der Waals surface area contributed by atoms with Gasteiger partial charge in [-0.2, -0.15) is 17.5 Å². The molecule has 11 heteroatoms. The molecule has 0 radical (unpaired) electrons. The highest BCUT2D eigenvalue weighted by atomic mass is 32.2. The second-order valence-corrected chi connectivity index (χ2v) is 10.2. The number of aromatic nitrogens is 1. The fraction of sp³-hybridized carbons (Fsp3) is 0.421. The summed E-state index contributed by atoms with van der Waals surface area (Å²) in [5, 5.41) is 4.90. The quantitative estimate of drug-likeness (QED) is 0.483. The highest BCUT2D eigenvalue weighted by Gasteiger charge is 2.37. The maximum absolute atomic E-state index is 13.4. The molecule has 1 fully saturated rings. The Morgan fingerprint density at radius 3 is 2.60 bits per heavy atom. The van der Waals surface area contributed by atoms with Crippen molar-refractivity contribution in [1.82, 2.24) is 9.46 Å². The van der Waals surface area contributed by atoms with Crippen LogP contribution in [0.25, 0.3) is 11.3 Å². The Morgan fingerprint density at radius 1 is 1.20 bits per heavy atom. The molecule has 0 bridgehead atoms. The number of furan rings is 1. The predicted molar refractivity (Wildman–Crippen MR) is 103 cm³/mol. The van der Waals surface area contributed by atoms with Gasteiger partial charge in [0.25, 0.3) is 10.0 Å². The fourth-order valence-electron chi connectivity index (χ4n) is 3.58. The number of hydrogen-bond donors (Lipinski definition) is 0. The monoisotopic (exact) mass is 460 g/mol. The van der Waals surface area contributed by atoms with Gasteiger partial charge in [0.15, 0.2) is 0 Å². The van der Waals surface area contributed by atoms with Gasteiger partial charge in [-0.25, -0.2) is 8.42 Å². The molecule has 1 saturated carbocycles. The molecular weight excluding hydrogens is 441 g/mol. The molecule has 3 aromatic rings. The number of sulfonamides is 1. The Bertz CT molecular complexity index is 1080. The largest absolute Gasteiger partial charge is 0.468 e. The lowest BCUT2D eigenvalue weighted by molar-refractivity contribution is -0.155. The van der Waals surface area contributed by atoms with Gasteiger partial charge < -0.3 is 8.94 Å². The molecule has 0 spiro atoms. The number of alkyl halides is 3. The van der Waals surface area contributed by atoms with Crippen LogP contribution in [0.4, 0.5) is 13.2 Å². The van der Waals surface area contributed by atoms with Crippen LogP contribution < -0.4 is 0 Å². The van der Waals surface area contributed by atoms with E-state index >= 15 is 0 Å². The first-order valence-corrected chi connectivity index (χ1v) is 11.7. The van der Waals surface area contributed by atoms with Gasteiger partial charge >= 0.3 is 6.18 Å². The summed E-state index contributed by atoms with van der Waals surface area (Å²) in [4.78, 5) is 0. The van der Waals surface area contributed by atoms with Crippen molar-refractivity contribution in [1.29, 1.82) is 0 Å². The van der Waals surface area contributed by atoms with E-state index < -0.39 is 22.0 Å². The number of halogens is 3. The molecule has 0 unspecified atom stereocenters. The van der Waals surface area contributed by atoms with Crippen LogP contribution in [-0.2, 0) is 22.7 Å². The molecule has 162 valence electrons. The van der Waals surface area contributed by atoms with Crippen molar-refractivity contribution in [2.75, 3.05) is 0 Å². The van der Waals surface area contributed by atoms with E-state index in [9.17, 15) is 21.6 Å². The van der Waals surface area contributed by atoms with Crippen LogP contribution in [-0.4, -0.2) is 23.9 Å². The Balaban J connectivity index is 1.64. The fourth-order valence-corrected chi connectivity index (χ4v) is 6.53. The van der Waals surface area contributed by atoms with Gasteiger partial charge in [0, 0.05) is 23.1 Å². The van der Waals surface area contributed by atoms with E-state index in [0.29, 0.717) is 5.76 Å². The standard InChI is InChI=1S/C19H19F3N2O4S2/c20-19(21,22)17-10-16(23-28-17)13-9-18(29-12-13)30(25,26)24(11-15-7-4-8-27-15)14-5-2-1-3-6-14/h4,7-10,12,14H,1-3,5-6,11H2. The minimum Gasteiger partial charge on any atom is -0.468 e. The normalized spacial score (nSPS) is 16.4. The van der Waals surface area contributed by atoms with Gasteiger partial charge in [-0.1, -0.05) is 24.4 Å². The van der Waals surface area contributed by atoms with Crippen molar-refractivity contribution in [3.63, 3.8) is 0 Å². The highest BCUT2D eigenvalue weighted by Crippen LogP contribution is 2.36. The zero-order chi connectivity index (χ0) is 21.4. The number of thiophene rings is 1. The zero-order valence-electron chi connectivity index (χ0n) is 15.8. The summed E-state index contributed by atoms with van der Waals surface area (Å²) in [5.74, 6) is -0.693. The second kappa shape index (κ2) is 8.20. The molecule has 0 saturated heterocycles. The van der Waals surface area contributed by atoms with Crippen molar-refractivity contribution in [2.45, 2.75) is 55.1 Å². The first-order chi connectivity index (χ1) is 14.2. The summed E-state index contributed by atoms with van der Waals surface area (Å²) in [7, 11) is -3.87. The molecule has 0 N–H and O–H groups in total. The summed E-state index contributed by atoms with van der Waals surface area (Å²) in [5.41, 5.74) is 0.203. The summed E-state index contributed by atoms with van der Waals surface area (Å²) in [6.45, 7) is 0.107. The average molecular weight is 460 g/mol. The molecule has 3 aromatic heterocycles. The van der Waals surface area contributed by atoms with E-state index in [-0.39, 0.29) is 28.1 Å². The SMILES string of the molecule is O=S(=O)(c1cc(-c2cc(C(F)(F)F)on2)cs1)N(Cc1ccco1)C1CCCCC1. The number of hydrogen-bond acceptors (Lipinski definition) is 6. The van der Waals surface area contributed by atoms with E-state index in [1.807, 2.05) is 0 Å². The van der Waals surface area contributed by atoms with Gasteiger partial charge in [0.2, 0.25) is 5.76 Å². The summed E-state index contributed by atoms with van der Waals surface area (Å²) >= 11 is 0.950. The maximum Gasteiger partial charge on any atom is 0.452 e. The molecular formula is C19H19F3N2O4S2. The lowest BCUT2D eigenvalue weighted by Gasteiger charge is -2.32. The molecule has 6 nitrogen and oxygen atoms in total. The first kappa shape index (κ1) is 21.1. The molecule has 30 heavy (non-hydrogen) atoms. The van der Waals surface area contributed by atoms with Gasteiger partial charge in [-0.15, -0.1) is 11.3 Å². The van der Waals surface area contributed by atoms with Crippen molar-refractivity contribution < 1.29 is 30.5 Å². The molecule has 1 aliphatic carbocycles. The van der Waals surface area contributed by atoms with E-state index in [4.69, 9.17) is 4.42 Å². The highest BCUT2D eigenvalue weighted by molar-refractivity contribution is 7.91. The third kappa shape index (κ3) is 4.33. The van der Waals surface area contributed by atoms with Crippen LogP contribution in [0.1, 0.15) is 43.6 Å². The molecule has 0 amide bonds. The smallest absolute Gasteiger partial charge is 0.452 e. The molecule has 0 aromatic carbocycles. The van der Waals surface area contributed by atoms with Crippen molar-refractivity contribution in [3.05, 3.63) is 47.4 Å². The van der Waals surface area contributed by atoms with E-state index in [1.54, 1.807) is 12.1 Å².